The fraction of sp³-hybridized carbons (Fsp3) is 0.455. The Bertz CT molecular complexity index is 345. The van der Waals surface area contributed by atoms with E-state index in [9.17, 15) is 8.78 Å². The molecule has 1 unspecified atom stereocenters. The van der Waals surface area contributed by atoms with Crippen molar-refractivity contribution in [2.75, 3.05) is 13.1 Å². The van der Waals surface area contributed by atoms with Crippen LogP contribution in [0.5, 0.6) is 0 Å². The molecule has 0 aliphatic heterocycles. The molecular formula is C11H15BrF2N2. The maximum absolute atomic E-state index is 12.1. The van der Waals surface area contributed by atoms with Crippen molar-refractivity contribution in [3.8, 4) is 0 Å². The third kappa shape index (κ3) is 3.81. The van der Waals surface area contributed by atoms with Gasteiger partial charge in [0.05, 0.1) is 6.54 Å². The smallest absolute Gasteiger partial charge is 0.250 e. The molecule has 0 fully saturated rings. The van der Waals surface area contributed by atoms with E-state index < -0.39 is 6.43 Å². The molecule has 1 aromatic rings. The predicted octanol–water partition coefficient (Wildman–Crippen LogP) is 2.61. The normalized spacial score (nSPS) is 13.1. The molecule has 0 radical (unpaired) electrons. The quantitative estimate of drug-likeness (QED) is 0.876. The number of alkyl halides is 2. The first-order valence-corrected chi connectivity index (χ1v) is 5.81. The van der Waals surface area contributed by atoms with Crippen molar-refractivity contribution >= 4 is 15.9 Å². The van der Waals surface area contributed by atoms with Crippen LogP contribution in [-0.4, -0.2) is 19.5 Å². The number of rotatable bonds is 5. The second-order valence-corrected chi connectivity index (χ2v) is 4.47. The van der Waals surface area contributed by atoms with E-state index in [1.807, 2.05) is 25.1 Å². The van der Waals surface area contributed by atoms with Gasteiger partial charge in [0.15, 0.2) is 0 Å². The van der Waals surface area contributed by atoms with E-state index in [0.717, 1.165) is 15.6 Å². The standard InChI is InChI=1S/C11H15BrF2N2/c1-7-2-3-8(9(12)4-7)10(5-15)16-6-11(13)14/h2-4,10-11,16H,5-6,15H2,1H3. The van der Waals surface area contributed by atoms with E-state index >= 15 is 0 Å². The van der Waals surface area contributed by atoms with Gasteiger partial charge in [0.1, 0.15) is 0 Å². The van der Waals surface area contributed by atoms with Crippen LogP contribution in [0.25, 0.3) is 0 Å². The Kier molecular flexibility index (Phi) is 5.31. The van der Waals surface area contributed by atoms with Gasteiger partial charge in [-0.3, -0.25) is 0 Å². The van der Waals surface area contributed by atoms with Crippen molar-refractivity contribution in [3.05, 3.63) is 33.8 Å². The van der Waals surface area contributed by atoms with E-state index in [1.54, 1.807) is 0 Å². The zero-order valence-corrected chi connectivity index (χ0v) is 10.6. The van der Waals surface area contributed by atoms with Gasteiger partial charge in [0.2, 0.25) is 0 Å². The van der Waals surface area contributed by atoms with Crippen LogP contribution >= 0.6 is 15.9 Å². The number of halogens is 3. The van der Waals surface area contributed by atoms with E-state index in [-0.39, 0.29) is 19.1 Å². The molecule has 1 aromatic carbocycles. The molecule has 0 bridgehead atoms. The highest BCUT2D eigenvalue weighted by molar-refractivity contribution is 9.10. The third-order valence-electron chi connectivity index (χ3n) is 2.29. The first kappa shape index (κ1) is 13.5. The highest BCUT2D eigenvalue weighted by atomic mass is 79.9. The van der Waals surface area contributed by atoms with Crippen LogP contribution in [0, 0.1) is 6.92 Å². The molecule has 0 aliphatic carbocycles. The highest BCUT2D eigenvalue weighted by Crippen LogP contribution is 2.24. The largest absolute Gasteiger partial charge is 0.329 e. The number of hydrogen-bond donors (Lipinski definition) is 2. The molecule has 1 atom stereocenters. The van der Waals surface area contributed by atoms with Gasteiger partial charge in [-0.2, -0.15) is 0 Å². The second kappa shape index (κ2) is 6.27. The minimum absolute atomic E-state index is 0.246. The molecular weight excluding hydrogens is 278 g/mol. The number of nitrogens with one attached hydrogen (secondary N) is 1. The monoisotopic (exact) mass is 292 g/mol. The summed E-state index contributed by atoms with van der Waals surface area (Å²) in [5.74, 6) is 0. The Morgan fingerprint density at radius 1 is 1.44 bits per heavy atom. The minimum atomic E-state index is -2.36. The van der Waals surface area contributed by atoms with Crippen molar-refractivity contribution in [3.63, 3.8) is 0 Å². The van der Waals surface area contributed by atoms with Crippen molar-refractivity contribution < 1.29 is 8.78 Å². The van der Waals surface area contributed by atoms with Gasteiger partial charge in [-0.1, -0.05) is 28.1 Å². The third-order valence-corrected chi connectivity index (χ3v) is 2.97. The molecule has 0 aliphatic rings. The average Bonchev–Trinajstić information content (AvgIpc) is 2.21. The summed E-state index contributed by atoms with van der Waals surface area (Å²) >= 11 is 3.41. The summed E-state index contributed by atoms with van der Waals surface area (Å²) in [5.41, 5.74) is 7.59. The first-order valence-electron chi connectivity index (χ1n) is 5.02. The molecule has 5 heteroatoms. The van der Waals surface area contributed by atoms with Gasteiger partial charge in [-0.25, -0.2) is 8.78 Å². The summed E-state index contributed by atoms with van der Waals surface area (Å²) in [6.07, 6.45) is -2.36. The molecule has 1 rings (SSSR count). The molecule has 0 saturated carbocycles. The van der Waals surface area contributed by atoms with E-state index in [2.05, 4.69) is 21.2 Å². The van der Waals surface area contributed by atoms with Crippen LogP contribution in [0.3, 0.4) is 0 Å². The molecule has 2 nitrogen and oxygen atoms in total. The minimum Gasteiger partial charge on any atom is -0.329 e. The van der Waals surface area contributed by atoms with Crippen molar-refractivity contribution in [1.29, 1.82) is 0 Å². The average molecular weight is 293 g/mol. The Balaban J connectivity index is 2.78. The van der Waals surface area contributed by atoms with Gasteiger partial charge in [0, 0.05) is 17.1 Å². The molecule has 16 heavy (non-hydrogen) atoms. The van der Waals surface area contributed by atoms with Crippen molar-refractivity contribution in [2.45, 2.75) is 19.4 Å². The predicted molar refractivity (Wildman–Crippen MR) is 64.7 cm³/mol. The van der Waals surface area contributed by atoms with E-state index in [0.29, 0.717) is 0 Å². The summed E-state index contributed by atoms with van der Waals surface area (Å²) in [4.78, 5) is 0. The maximum Gasteiger partial charge on any atom is 0.250 e. The summed E-state index contributed by atoms with van der Waals surface area (Å²) in [6.45, 7) is 1.91. The fourth-order valence-electron chi connectivity index (χ4n) is 1.47. The van der Waals surface area contributed by atoms with E-state index in [1.165, 1.54) is 0 Å². The van der Waals surface area contributed by atoms with Gasteiger partial charge >= 0.3 is 0 Å². The Morgan fingerprint density at radius 3 is 2.62 bits per heavy atom. The molecule has 0 heterocycles. The first-order chi connectivity index (χ1) is 7.54. The number of benzene rings is 1. The van der Waals surface area contributed by atoms with Crippen LogP contribution in [0.2, 0.25) is 0 Å². The molecule has 0 saturated heterocycles. The summed E-state index contributed by atoms with van der Waals surface area (Å²) < 4.78 is 25.1. The Hall–Kier alpha value is -0.520. The van der Waals surface area contributed by atoms with Crippen LogP contribution in [-0.2, 0) is 0 Å². The lowest BCUT2D eigenvalue weighted by molar-refractivity contribution is 0.141. The van der Waals surface area contributed by atoms with Crippen LogP contribution < -0.4 is 11.1 Å². The molecule has 3 N–H and O–H groups in total. The summed E-state index contributed by atoms with van der Waals surface area (Å²) in [7, 11) is 0. The van der Waals surface area contributed by atoms with Crippen LogP contribution in [0.1, 0.15) is 17.2 Å². The number of hydrogen-bond acceptors (Lipinski definition) is 2. The van der Waals surface area contributed by atoms with Gasteiger partial charge in [-0.05, 0) is 24.1 Å². The zero-order valence-electron chi connectivity index (χ0n) is 9.01. The van der Waals surface area contributed by atoms with Crippen LogP contribution in [0.4, 0.5) is 8.78 Å². The highest BCUT2D eigenvalue weighted by Gasteiger charge is 2.14. The van der Waals surface area contributed by atoms with Gasteiger partial charge in [0.25, 0.3) is 6.43 Å². The Morgan fingerprint density at radius 2 is 2.12 bits per heavy atom. The second-order valence-electron chi connectivity index (χ2n) is 3.61. The zero-order chi connectivity index (χ0) is 12.1. The van der Waals surface area contributed by atoms with Gasteiger partial charge < -0.3 is 11.1 Å². The number of nitrogens with two attached hydrogens (primary N) is 1. The lowest BCUT2D eigenvalue weighted by Gasteiger charge is -2.18. The van der Waals surface area contributed by atoms with Crippen molar-refractivity contribution in [2.24, 2.45) is 5.73 Å². The lowest BCUT2D eigenvalue weighted by atomic mass is 10.1. The van der Waals surface area contributed by atoms with E-state index in [4.69, 9.17) is 5.73 Å². The summed E-state index contributed by atoms with van der Waals surface area (Å²) in [5, 5.41) is 2.74. The summed E-state index contributed by atoms with van der Waals surface area (Å²) in [6, 6.07) is 5.54. The molecule has 0 spiro atoms. The molecule has 0 aromatic heterocycles. The lowest BCUT2D eigenvalue weighted by Crippen LogP contribution is -2.32. The Labute approximate surface area is 102 Å². The molecule has 0 amide bonds. The van der Waals surface area contributed by atoms with Crippen LogP contribution in [0.15, 0.2) is 22.7 Å². The molecule has 90 valence electrons. The fourth-order valence-corrected chi connectivity index (χ4v) is 2.24. The topological polar surface area (TPSA) is 38.0 Å². The SMILES string of the molecule is Cc1ccc(C(CN)NCC(F)F)c(Br)c1. The van der Waals surface area contributed by atoms with Crippen molar-refractivity contribution in [1.82, 2.24) is 5.32 Å². The maximum atomic E-state index is 12.1. The van der Waals surface area contributed by atoms with Gasteiger partial charge in [-0.15, -0.1) is 0 Å². The number of aryl methyl sites for hydroxylation is 1.